The van der Waals surface area contributed by atoms with Crippen LogP contribution in [-0.2, 0) is 9.59 Å². The molecule has 0 radical (unpaired) electrons. The van der Waals surface area contributed by atoms with Crippen molar-refractivity contribution in [3.8, 4) is 0 Å². The van der Waals surface area contributed by atoms with Crippen molar-refractivity contribution in [1.82, 2.24) is 5.32 Å². The number of anilines is 1. The van der Waals surface area contributed by atoms with Crippen LogP contribution in [0.3, 0.4) is 0 Å². The summed E-state index contributed by atoms with van der Waals surface area (Å²) in [5.74, 6) is -1.03. The SMILES string of the molecule is C/C(=N/N=C1\NC(=O)C[C@@H](C(=O)Nc2ccc(F)cc2)S1)c1cccs1. The first-order valence-electron chi connectivity index (χ1n) is 7.70. The van der Waals surface area contributed by atoms with Gasteiger partial charge < -0.3 is 10.6 Å². The van der Waals surface area contributed by atoms with Gasteiger partial charge in [-0.25, -0.2) is 4.39 Å². The van der Waals surface area contributed by atoms with Crippen LogP contribution in [0.1, 0.15) is 18.2 Å². The Morgan fingerprint density at radius 1 is 1.31 bits per heavy atom. The fraction of sp³-hybridized carbons (Fsp3) is 0.176. The van der Waals surface area contributed by atoms with Crippen molar-refractivity contribution in [2.24, 2.45) is 10.2 Å². The van der Waals surface area contributed by atoms with E-state index in [1.54, 1.807) is 11.3 Å². The van der Waals surface area contributed by atoms with Gasteiger partial charge in [0.15, 0.2) is 5.17 Å². The standard InChI is InChI=1S/C17H15FN4O2S2/c1-10(13-3-2-8-25-13)21-22-17-20-15(23)9-14(26-17)16(24)19-12-6-4-11(18)5-7-12/h2-8,14H,9H2,1H3,(H,19,24)(H,20,22,23)/b21-10-/t14-/m0/s1. The quantitative estimate of drug-likeness (QED) is 0.621. The second kappa shape index (κ2) is 8.24. The lowest BCUT2D eigenvalue weighted by molar-refractivity contribution is -0.123. The number of carbonyl (C=O) groups excluding carboxylic acids is 2. The van der Waals surface area contributed by atoms with E-state index in [0.29, 0.717) is 5.69 Å². The van der Waals surface area contributed by atoms with Crippen molar-refractivity contribution in [2.45, 2.75) is 18.6 Å². The minimum Gasteiger partial charge on any atom is -0.325 e. The maximum atomic E-state index is 12.9. The van der Waals surface area contributed by atoms with Gasteiger partial charge in [0.2, 0.25) is 11.8 Å². The fourth-order valence-corrected chi connectivity index (χ4v) is 3.75. The highest BCUT2D eigenvalue weighted by Gasteiger charge is 2.30. The molecule has 134 valence electrons. The molecule has 0 bridgehead atoms. The van der Waals surface area contributed by atoms with Crippen LogP contribution in [0.4, 0.5) is 10.1 Å². The van der Waals surface area contributed by atoms with Gasteiger partial charge in [-0.15, -0.1) is 16.4 Å². The molecule has 2 amide bonds. The predicted molar refractivity (Wildman–Crippen MR) is 103 cm³/mol. The Bertz CT molecular complexity index is 863. The van der Waals surface area contributed by atoms with E-state index in [1.165, 1.54) is 24.3 Å². The van der Waals surface area contributed by atoms with E-state index >= 15 is 0 Å². The lowest BCUT2D eigenvalue weighted by Crippen LogP contribution is -2.41. The molecule has 2 N–H and O–H groups in total. The van der Waals surface area contributed by atoms with Crippen LogP contribution in [0.25, 0.3) is 0 Å². The maximum absolute atomic E-state index is 12.9. The lowest BCUT2D eigenvalue weighted by Gasteiger charge is -2.21. The van der Waals surface area contributed by atoms with Gasteiger partial charge in [-0.3, -0.25) is 9.59 Å². The van der Waals surface area contributed by atoms with Crippen LogP contribution >= 0.6 is 23.1 Å². The van der Waals surface area contributed by atoms with Crippen molar-refractivity contribution in [3.05, 3.63) is 52.5 Å². The van der Waals surface area contributed by atoms with Gasteiger partial charge in [0.1, 0.15) is 11.1 Å². The molecular weight excluding hydrogens is 375 g/mol. The number of thiophene rings is 1. The number of halogens is 1. The zero-order chi connectivity index (χ0) is 18.5. The number of nitrogens with zero attached hydrogens (tertiary/aromatic N) is 2. The van der Waals surface area contributed by atoms with Crippen molar-refractivity contribution in [2.75, 3.05) is 5.32 Å². The Kier molecular flexibility index (Phi) is 5.79. The highest BCUT2D eigenvalue weighted by atomic mass is 32.2. The number of hydrogen-bond acceptors (Lipinski definition) is 6. The van der Waals surface area contributed by atoms with E-state index in [0.717, 1.165) is 22.4 Å². The third-order valence-electron chi connectivity index (χ3n) is 3.44. The van der Waals surface area contributed by atoms with Crippen molar-refractivity contribution >= 4 is 51.5 Å². The average Bonchev–Trinajstić information content (AvgIpc) is 3.16. The molecule has 1 atom stereocenters. The monoisotopic (exact) mass is 390 g/mol. The molecule has 26 heavy (non-hydrogen) atoms. The molecule has 9 heteroatoms. The summed E-state index contributed by atoms with van der Waals surface area (Å²) in [6.07, 6.45) is 0.0321. The van der Waals surface area contributed by atoms with Gasteiger partial charge in [0, 0.05) is 12.1 Å². The number of carbonyl (C=O) groups is 2. The fourth-order valence-electron chi connectivity index (χ4n) is 2.15. The van der Waals surface area contributed by atoms with E-state index in [-0.39, 0.29) is 29.2 Å². The molecule has 2 heterocycles. The maximum Gasteiger partial charge on any atom is 0.238 e. The molecule has 0 spiro atoms. The van der Waals surface area contributed by atoms with Crippen molar-refractivity contribution in [1.29, 1.82) is 0 Å². The second-order valence-corrected chi connectivity index (χ2v) is 7.56. The Balaban J connectivity index is 1.68. The van der Waals surface area contributed by atoms with E-state index < -0.39 is 5.25 Å². The summed E-state index contributed by atoms with van der Waals surface area (Å²) < 4.78 is 12.9. The van der Waals surface area contributed by atoms with Crippen LogP contribution in [0.15, 0.2) is 52.0 Å². The summed E-state index contributed by atoms with van der Waals surface area (Å²) in [6.45, 7) is 1.82. The van der Waals surface area contributed by atoms with Crippen molar-refractivity contribution < 1.29 is 14.0 Å². The van der Waals surface area contributed by atoms with E-state index in [2.05, 4.69) is 20.8 Å². The highest BCUT2D eigenvalue weighted by molar-refractivity contribution is 8.15. The van der Waals surface area contributed by atoms with Crippen LogP contribution in [0.2, 0.25) is 0 Å². The molecule has 2 aromatic rings. The highest BCUT2D eigenvalue weighted by Crippen LogP contribution is 2.23. The number of amidine groups is 1. The molecule has 1 saturated heterocycles. The van der Waals surface area contributed by atoms with Crippen LogP contribution < -0.4 is 10.6 Å². The van der Waals surface area contributed by atoms with Crippen LogP contribution in [0, 0.1) is 5.82 Å². The molecule has 1 aliphatic rings. The Morgan fingerprint density at radius 2 is 2.08 bits per heavy atom. The summed E-state index contributed by atoms with van der Waals surface area (Å²) >= 11 is 2.67. The van der Waals surface area contributed by atoms with Crippen molar-refractivity contribution in [3.63, 3.8) is 0 Å². The van der Waals surface area contributed by atoms with Gasteiger partial charge in [-0.2, -0.15) is 5.10 Å². The molecule has 0 unspecified atom stereocenters. The first-order chi connectivity index (χ1) is 12.5. The molecular formula is C17H15FN4O2S2. The average molecular weight is 390 g/mol. The van der Waals surface area contributed by atoms with Crippen LogP contribution in [0.5, 0.6) is 0 Å². The summed E-state index contributed by atoms with van der Waals surface area (Å²) in [5.41, 5.74) is 1.19. The normalized spacial score (nSPS) is 19.3. The second-order valence-electron chi connectivity index (χ2n) is 5.42. The molecule has 1 aliphatic heterocycles. The first-order valence-corrected chi connectivity index (χ1v) is 9.46. The molecule has 1 aromatic heterocycles. The summed E-state index contributed by atoms with van der Waals surface area (Å²) in [5, 5.41) is 15.0. The number of amides is 2. The van der Waals surface area contributed by atoms with Crippen LogP contribution in [-0.4, -0.2) is 27.9 Å². The summed E-state index contributed by atoms with van der Waals surface area (Å²) in [4.78, 5) is 25.2. The third-order valence-corrected chi connectivity index (χ3v) is 5.49. The third kappa shape index (κ3) is 4.77. The lowest BCUT2D eigenvalue weighted by atomic mass is 10.2. The summed E-state index contributed by atoms with van der Waals surface area (Å²) in [6, 6.07) is 9.28. The molecule has 0 aliphatic carbocycles. The number of hydrogen-bond donors (Lipinski definition) is 2. The van der Waals surface area contributed by atoms with Gasteiger partial charge in [-0.1, -0.05) is 17.8 Å². The molecule has 6 nitrogen and oxygen atoms in total. The van der Waals surface area contributed by atoms with Gasteiger partial charge in [0.25, 0.3) is 0 Å². The molecule has 0 saturated carbocycles. The zero-order valence-electron chi connectivity index (χ0n) is 13.7. The smallest absolute Gasteiger partial charge is 0.238 e. The minimum atomic E-state index is -0.634. The minimum absolute atomic E-state index is 0.0321. The van der Waals surface area contributed by atoms with E-state index in [4.69, 9.17) is 0 Å². The Hall–Kier alpha value is -2.52. The largest absolute Gasteiger partial charge is 0.325 e. The van der Waals surface area contributed by atoms with Gasteiger partial charge in [0.05, 0.1) is 10.6 Å². The topological polar surface area (TPSA) is 82.9 Å². The number of thioether (sulfide) groups is 1. The molecule has 3 rings (SSSR count). The van der Waals surface area contributed by atoms with E-state index in [1.807, 2.05) is 24.4 Å². The number of nitrogens with one attached hydrogen (secondary N) is 2. The Labute approximate surface area is 157 Å². The predicted octanol–water partition coefficient (Wildman–Crippen LogP) is 3.23. The van der Waals surface area contributed by atoms with Gasteiger partial charge >= 0.3 is 0 Å². The number of benzene rings is 1. The zero-order valence-corrected chi connectivity index (χ0v) is 15.4. The first kappa shape index (κ1) is 18.3. The molecule has 1 aromatic carbocycles. The number of rotatable bonds is 4. The molecule has 1 fully saturated rings. The van der Waals surface area contributed by atoms with E-state index in [9.17, 15) is 14.0 Å². The van der Waals surface area contributed by atoms with Gasteiger partial charge in [-0.05, 0) is 42.6 Å². The Morgan fingerprint density at radius 3 is 2.77 bits per heavy atom. The summed E-state index contributed by atoms with van der Waals surface area (Å²) in [7, 11) is 0.